The minimum absolute atomic E-state index is 0.393. The Hall–Kier alpha value is -1.06. The Bertz CT molecular complexity index is 367. The number of rotatable bonds is 4. The second-order valence-corrected chi connectivity index (χ2v) is 4.80. The summed E-state index contributed by atoms with van der Waals surface area (Å²) in [5, 5.41) is 10.2. The normalized spacial score (nSPS) is 22.6. The summed E-state index contributed by atoms with van der Waals surface area (Å²) in [4.78, 5) is 2.34. The van der Waals surface area contributed by atoms with Crippen molar-refractivity contribution in [1.82, 2.24) is 4.90 Å². The molecule has 1 aliphatic heterocycles. The molecule has 0 bridgehead atoms. The van der Waals surface area contributed by atoms with E-state index in [0.717, 1.165) is 24.3 Å². The molecule has 17 heavy (non-hydrogen) atoms. The zero-order valence-electron chi connectivity index (χ0n) is 10.6. The molecule has 1 fully saturated rings. The molecule has 1 saturated heterocycles. The van der Waals surface area contributed by atoms with Crippen LogP contribution in [0, 0.1) is 0 Å². The summed E-state index contributed by atoms with van der Waals surface area (Å²) in [6, 6.07) is 8.21. The summed E-state index contributed by atoms with van der Waals surface area (Å²) >= 11 is 0. The molecule has 0 saturated carbocycles. The predicted octanol–water partition coefficient (Wildman–Crippen LogP) is 2.21. The van der Waals surface area contributed by atoms with E-state index in [1.165, 1.54) is 12.8 Å². The quantitative estimate of drug-likeness (QED) is 0.868. The molecule has 0 amide bonds. The van der Waals surface area contributed by atoms with Gasteiger partial charge in [-0.1, -0.05) is 12.1 Å². The number of methoxy groups -OCH3 is 1. The molecular formula is C14H21NO2. The first-order valence-corrected chi connectivity index (χ1v) is 6.23. The fourth-order valence-corrected chi connectivity index (χ4v) is 2.52. The van der Waals surface area contributed by atoms with E-state index in [-0.39, 0.29) is 0 Å². The third kappa shape index (κ3) is 2.99. The van der Waals surface area contributed by atoms with Gasteiger partial charge in [-0.25, -0.2) is 0 Å². The van der Waals surface area contributed by atoms with Gasteiger partial charge in [-0.2, -0.15) is 0 Å². The van der Waals surface area contributed by atoms with Crippen LogP contribution >= 0.6 is 0 Å². The van der Waals surface area contributed by atoms with Crippen LogP contribution in [0.15, 0.2) is 24.3 Å². The molecular weight excluding hydrogens is 214 g/mol. The Labute approximate surface area is 103 Å². The predicted molar refractivity (Wildman–Crippen MR) is 68.2 cm³/mol. The third-order valence-corrected chi connectivity index (χ3v) is 3.65. The van der Waals surface area contributed by atoms with Crippen molar-refractivity contribution in [3.05, 3.63) is 29.8 Å². The van der Waals surface area contributed by atoms with Gasteiger partial charge in [-0.05, 0) is 50.6 Å². The number of likely N-dealkylation sites (tertiary alicyclic amines) is 1. The minimum Gasteiger partial charge on any atom is -0.497 e. The van der Waals surface area contributed by atoms with Gasteiger partial charge < -0.3 is 14.7 Å². The Morgan fingerprint density at radius 3 is 3.00 bits per heavy atom. The van der Waals surface area contributed by atoms with Gasteiger partial charge in [0.25, 0.3) is 0 Å². The second kappa shape index (κ2) is 5.52. The van der Waals surface area contributed by atoms with Crippen molar-refractivity contribution in [3.8, 4) is 5.75 Å². The van der Waals surface area contributed by atoms with Gasteiger partial charge in [-0.15, -0.1) is 0 Å². The van der Waals surface area contributed by atoms with Crippen LogP contribution in [0.25, 0.3) is 0 Å². The maximum atomic E-state index is 10.2. The average molecular weight is 235 g/mol. The Morgan fingerprint density at radius 2 is 2.35 bits per heavy atom. The molecule has 1 aliphatic rings. The number of nitrogens with zero attached hydrogens (tertiary/aromatic N) is 1. The summed E-state index contributed by atoms with van der Waals surface area (Å²) < 4.78 is 5.17. The molecule has 94 valence electrons. The van der Waals surface area contributed by atoms with E-state index in [1.807, 2.05) is 24.3 Å². The van der Waals surface area contributed by atoms with Crippen molar-refractivity contribution < 1.29 is 9.84 Å². The van der Waals surface area contributed by atoms with E-state index >= 15 is 0 Å². The number of aliphatic hydroxyl groups is 1. The molecule has 2 rings (SSSR count). The van der Waals surface area contributed by atoms with E-state index in [2.05, 4.69) is 11.9 Å². The fourth-order valence-electron chi connectivity index (χ4n) is 2.52. The monoisotopic (exact) mass is 235 g/mol. The van der Waals surface area contributed by atoms with Crippen LogP contribution in [0.3, 0.4) is 0 Å². The number of aliphatic hydroxyl groups excluding tert-OH is 1. The summed E-state index contributed by atoms with van der Waals surface area (Å²) in [5.41, 5.74) is 0.949. The molecule has 1 N–H and O–H groups in total. The third-order valence-electron chi connectivity index (χ3n) is 3.65. The Kier molecular flexibility index (Phi) is 4.02. The Balaban J connectivity index is 2.00. The minimum atomic E-state index is -0.393. The highest BCUT2D eigenvalue weighted by Crippen LogP contribution is 2.27. The van der Waals surface area contributed by atoms with Crippen molar-refractivity contribution >= 4 is 0 Å². The molecule has 2 unspecified atom stereocenters. The van der Waals surface area contributed by atoms with Gasteiger partial charge in [0.05, 0.1) is 13.2 Å². The van der Waals surface area contributed by atoms with E-state index in [0.29, 0.717) is 6.04 Å². The summed E-state index contributed by atoms with van der Waals surface area (Å²) in [7, 11) is 3.78. The number of ether oxygens (including phenoxy) is 1. The first-order valence-electron chi connectivity index (χ1n) is 6.23. The molecule has 1 aromatic carbocycles. The van der Waals surface area contributed by atoms with Gasteiger partial charge >= 0.3 is 0 Å². The smallest absolute Gasteiger partial charge is 0.119 e. The van der Waals surface area contributed by atoms with Crippen LogP contribution in [0.2, 0.25) is 0 Å². The van der Waals surface area contributed by atoms with Gasteiger partial charge in [0, 0.05) is 6.04 Å². The van der Waals surface area contributed by atoms with Crippen LogP contribution in [0.5, 0.6) is 5.75 Å². The average Bonchev–Trinajstić information content (AvgIpc) is 2.75. The maximum Gasteiger partial charge on any atom is 0.119 e. The lowest BCUT2D eigenvalue weighted by molar-refractivity contribution is 0.130. The first-order chi connectivity index (χ1) is 8.20. The molecule has 1 aromatic rings. The lowest BCUT2D eigenvalue weighted by Crippen LogP contribution is -2.26. The van der Waals surface area contributed by atoms with Crippen LogP contribution in [-0.2, 0) is 0 Å². The highest BCUT2D eigenvalue weighted by Gasteiger charge is 2.24. The van der Waals surface area contributed by atoms with E-state index in [1.54, 1.807) is 7.11 Å². The van der Waals surface area contributed by atoms with E-state index < -0.39 is 6.10 Å². The first kappa shape index (κ1) is 12.4. The zero-order chi connectivity index (χ0) is 12.3. The van der Waals surface area contributed by atoms with Crippen molar-refractivity contribution in [3.63, 3.8) is 0 Å². The topological polar surface area (TPSA) is 32.7 Å². The molecule has 0 spiro atoms. The fraction of sp³-hybridized carbons (Fsp3) is 0.571. The molecule has 0 radical (unpaired) electrons. The van der Waals surface area contributed by atoms with Gasteiger partial charge in [0.2, 0.25) is 0 Å². The number of hydrogen-bond donors (Lipinski definition) is 1. The number of benzene rings is 1. The van der Waals surface area contributed by atoms with Crippen LogP contribution in [0.4, 0.5) is 0 Å². The standard InChI is InChI=1S/C14H21NO2/c1-15-8-4-6-12(15)10-14(16)11-5-3-7-13(9-11)17-2/h3,5,7,9,12,14,16H,4,6,8,10H2,1-2H3. The largest absolute Gasteiger partial charge is 0.497 e. The summed E-state index contributed by atoms with van der Waals surface area (Å²) in [5.74, 6) is 0.807. The van der Waals surface area contributed by atoms with Gasteiger partial charge in [0.1, 0.15) is 5.75 Å². The molecule has 2 atom stereocenters. The lowest BCUT2D eigenvalue weighted by atomic mass is 10.0. The van der Waals surface area contributed by atoms with Crippen molar-refractivity contribution in [2.75, 3.05) is 20.7 Å². The van der Waals surface area contributed by atoms with Crippen molar-refractivity contribution in [1.29, 1.82) is 0 Å². The summed E-state index contributed by atoms with van der Waals surface area (Å²) in [6.07, 6.45) is 2.85. The van der Waals surface area contributed by atoms with Crippen molar-refractivity contribution in [2.24, 2.45) is 0 Å². The highest BCUT2D eigenvalue weighted by atomic mass is 16.5. The van der Waals surface area contributed by atoms with Crippen LogP contribution in [0.1, 0.15) is 30.9 Å². The molecule has 1 heterocycles. The van der Waals surface area contributed by atoms with Gasteiger partial charge in [-0.3, -0.25) is 0 Å². The molecule has 0 aliphatic carbocycles. The van der Waals surface area contributed by atoms with Gasteiger partial charge in [0.15, 0.2) is 0 Å². The maximum absolute atomic E-state index is 10.2. The zero-order valence-corrected chi connectivity index (χ0v) is 10.6. The summed E-state index contributed by atoms with van der Waals surface area (Å²) in [6.45, 7) is 1.15. The molecule has 3 nitrogen and oxygen atoms in total. The molecule has 0 aromatic heterocycles. The Morgan fingerprint density at radius 1 is 1.53 bits per heavy atom. The van der Waals surface area contributed by atoms with E-state index in [4.69, 9.17) is 4.74 Å². The molecule has 3 heteroatoms. The second-order valence-electron chi connectivity index (χ2n) is 4.80. The van der Waals surface area contributed by atoms with Crippen molar-refractivity contribution in [2.45, 2.75) is 31.4 Å². The highest BCUT2D eigenvalue weighted by molar-refractivity contribution is 5.29. The van der Waals surface area contributed by atoms with E-state index in [9.17, 15) is 5.11 Å². The SMILES string of the molecule is COc1cccc(C(O)CC2CCCN2C)c1. The number of hydrogen-bond acceptors (Lipinski definition) is 3. The van der Waals surface area contributed by atoms with Crippen LogP contribution < -0.4 is 4.74 Å². The lowest BCUT2D eigenvalue weighted by Gasteiger charge is -2.22. The van der Waals surface area contributed by atoms with Crippen LogP contribution in [-0.4, -0.2) is 36.8 Å².